The Balaban J connectivity index is 1.97. The number of unbranched alkanes of at least 4 members (excludes halogenated alkanes) is 1. The number of likely N-dealkylation sites (N-methyl/N-ethyl adjacent to an activating group) is 1. The maximum absolute atomic E-state index is 12.8. The molecule has 188 valence electrons. The van der Waals surface area contributed by atoms with Gasteiger partial charge in [-0.05, 0) is 39.2 Å². The molecule has 2 rings (SSSR count). The zero-order valence-corrected chi connectivity index (χ0v) is 20.2. The summed E-state index contributed by atoms with van der Waals surface area (Å²) in [6.07, 6.45) is 0.310. The number of nitrogens with one attached hydrogen (secondary N) is 1. The van der Waals surface area contributed by atoms with Crippen molar-refractivity contribution in [1.82, 2.24) is 15.1 Å². The van der Waals surface area contributed by atoms with Crippen LogP contribution in [0.1, 0.15) is 46.5 Å². The lowest BCUT2D eigenvalue weighted by molar-refractivity contribution is -0.173. The highest BCUT2D eigenvalue weighted by Gasteiger charge is 2.58. The third-order valence-corrected chi connectivity index (χ3v) is 6.68. The van der Waals surface area contributed by atoms with Crippen LogP contribution in [0.25, 0.3) is 0 Å². The first kappa shape index (κ1) is 27.4. The summed E-state index contributed by atoms with van der Waals surface area (Å²) in [6, 6.07) is -0.811. The Kier molecular flexibility index (Phi) is 9.53. The van der Waals surface area contributed by atoms with Crippen molar-refractivity contribution in [2.75, 3.05) is 27.2 Å². The number of fused-ring (bicyclic) bond motifs is 1. The van der Waals surface area contributed by atoms with Gasteiger partial charge in [0.1, 0.15) is 11.6 Å². The largest absolute Gasteiger partial charge is 0.480 e. The van der Waals surface area contributed by atoms with Crippen molar-refractivity contribution >= 4 is 25.2 Å². The van der Waals surface area contributed by atoms with E-state index in [4.69, 9.17) is 19.5 Å². The van der Waals surface area contributed by atoms with E-state index < -0.39 is 43.0 Å². The standard InChI is InChI=1S/C21H38BN3O8/c1-13(2)17(24(4)5)18(26)32-14(3)33-20(29)25-11-8-15-16(25)12-23-21(15,19(27)28)9-6-7-10-22(30)31/h13-17,23,30-31H,6-12H2,1-5H3,(H,27,28)/t14?,15-,16-,17-,21+/m0/s1. The molecular formula is C21H38BN3O8. The zero-order valence-electron chi connectivity index (χ0n) is 20.2. The summed E-state index contributed by atoms with van der Waals surface area (Å²) in [4.78, 5) is 40.7. The van der Waals surface area contributed by atoms with Crippen molar-refractivity contribution in [1.29, 1.82) is 0 Å². The Morgan fingerprint density at radius 2 is 1.85 bits per heavy atom. The van der Waals surface area contributed by atoms with Crippen LogP contribution in [0.5, 0.6) is 0 Å². The van der Waals surface area contributed by atoms with E-state index in [2.05, 4.69) is 5.32 Å². The fourth-order valence-corrected chi connectivity index (χ4v) is 5.22. The fourth-order valence-electron chi connectivity index (χ4n) is 5.22. The van der Waals surface area contributed by atoms with E-state index in [0.717, 1.165) is 0 Å². The molecule has 2 aliphatic rings. The normalized spacial score (nSPS) is 26.3. The molecule has 2 aliphatic heterocycles. The number of ether oxygens (including phenoxy) is 2. The molecule has 0 spiro atoms. The number of carbonyl (C=O) groups is 3. The highest BCUT2D eigenvalue weighted by molar-refractivity contribution is 6.40. The summed E-state index contributed by atoms with van der Waals surface area (Å²) in [6.45, 7) is 5.97. The minimum atomic E-state index is -1.41. The molecule has 0 aromatic heterocycles. The fraction of sp³-hybridized carbons (Fsp3) is 0.857. The Labute approximate surface area is 195 Å². The maximum atomic E-state index is 12.8. The van der Waals surface area contributed by atoms with E-state index in [0.29, 0.717) is 38.8 Å². The van der Waals surface area contributed by atoms with Crippen molar-refractivity contribution in [3.8, 4) is 0 Å². The average molecular weight is 471 g/mol. The van der Waals surface area contributed by atoms with Crippen LogP contribution in [0.15, 0.2) is 0 Å². The highest BCUT2D eigenvalue weighted by atomic mass is 16.7. The van der Waals surface area contributed by atoms with Crippen molar-refractivity contribution in [3.63, 3.8) is 0 Å². The Morgan fingerprint density at radius 3 is 2.39 bits per heavy atom. The SMILES string of the molecule is CC(OC(=O)[C@H](C(C)C)N(C)C)OC(=O)N1CC[C@H]2[C@@H]1CN[C@@]2(CCCCB(O)O)C(=O)O. The van der Waals surface area contributed by atoms with Gasteiger partial charge in [0.05, 0.1) is 6.04 Å². The molecule has 5 atom stereocenters. The number of carboxylic acid groups (broad SMARTS) is 1. The predicted molar refractivity (Wildman–Crippen MR) is 120 cm³/mol. The quantitative estimate of drug-likeness (QED) is 0.144. The number of rotatable bonds is 11. The number of likely N-dealkylation sites (tertiary alicyclic amines) is 1. The van der Waals surface area contributed by atoms with E-state index >= 15 is 0 Å². The first-order valence-electron chi connectivity index (χ1n) is 11.6. The number of carbonyl (C=O) groups excluding carboxylic acids is 2. The molecule has 12 heteroatoms. The van der Waals surface area contributed by atoms with Gasteiger partial charge in [-0.2, -0.15) is 0 Å². The Morgan fingerprint density at radius 1 is 1.18 bits per heavy atom. The van der Waals surface area contributed by atoms with Gasteiger partial charge in [0.2, 0.25) is 6.29 Å². The van der Waals surface area contributed by atoms with Gasteiger partial charge >= 0.3 is 25.2 Å². The molecule has 0 saturated carbocycles. The number of aliphatic carboxylic acids is 1. The van der Waals surface area contributed by atoms with Crippen LogP contribution in [-0.2, 0) is 19.1 Å². The lowest BCUT2D eigenvalue weighted by Gasteiger charge is -2.31. The van der Waals surface area contributed by atoms with Crippen LogP contribution >= 0.6 is 0 Å². The number of nitrogens with zero attached hydrogens (tertiary/aromatic N) is 2. The molecule has 4 N–H and O–H groups in total. The minimum absolute atomic E-state index is 0.0177. The first-order valence-corrected chi connectivity index (χ1v) is 11.6. The molecule has 2 saturated heterocycles. The van der Waals surface area contributed by atoms with Crippen LogP contribution in [0.2, 0.25) is 6.32 Å². The second-order valence-corrected chi connectivity index (χ2v) is 9.58. The lowest BCUT2D eigenvalue weighted by Crippen LogP contribution is -2.52. The number of hydrogen-bond donors (Lipinski definition) is 4. The van der Waals surface area contributed by atoms with Crippen LogP contribution in [0.4, 0.5) is 4.79 Å². The lowest BCUT2D eigenvalue weighted by atomic mass is 9.77. The van der Waals surface area contributed by atoms with Gasteiger partial charge in [-0.3, -0.25) is 19.8 Å². The summed E-state index contributed by atoms with van der Waals surface area (Å²) >= 11 is 0. The predicted octanol–water partition coefficient (Wildman–Crippen LogP) is 0.359. The molecule has 0 aromatic carbocycles. The number of hydrogen-bond acceptors (Lipinski definition) is 9. The van der Waals surface area contributed by atoms with Gasteiger partial charge in [-0.25, -0.2) is 4.79 Å². The molecular weight excluding hydrogens is 433 g/mol. The summed E-state index contributed by atoms with van der Waals surface area (Å²) in [7, 11) is 2.15. The molecule has 1 unspecified atom stereocenters. The molecule has 0 bridgehead atoms. The second-order valence-electron chi connectivity index (χ2n) is 9.58. The van der Waals surface area contributed by atoms with E-state index in [-0.39, 0.29) is 24.2 Å². The second kappa shape index (κ2) is 11.5. The third-order valence-electron chi connectivity index (χ3n) is 6.68. The molecule has 11 nitrogen and oxygen atoms in total. The summed E-state index contributed by atoms with van der Waals surface area (Å²) < 4.78 is 10.7. The smallest absolute Gasteiger partial charge is 0.451 e. The molecule has 1 amide bonds. The molecule has 0 aromatic rings. The van der Waals surface area contributed by atoms with Gasteiger partial charge in [-0.15, -0.1) is 0 Å². The van der Waals surface area contributed by atoms with Crippen LogP contribution in [0, 0.1) is 11.8 Å². The van der Waals surface area contributed by atoms with Crippen molar-refractivity contribution in [3.05, 3.63) is 0 Å². The Hall–Kier alpha value is -1.89. The minimum Gasteiger partial charge on any atom is -0.480 e. The third kappa shape index (κ3) is 6.37. The monoisotopic (exact) mass is 471 g/mol. The average Bonchev–Trinajstić information content (AvgIpc) is 3.25. The van der Waals surface area contributed by atoms with Crippen molar-refractivity contribution in [2.24, 2.45) is 11.8 Å². The van der Waals surface area contributed by atoms with Gasteiger partial charge < -0.3 is 29.5 Å². The molecule has 0 radical (unpaired) electrons. The summed E-state index contributed by atoms with van der Waals surface area (Å²) in [5.41, 5.74) is -1.17. The number of amides is 1. The van der Waals surface area contributed by atoms with Crippen LogP contribution < -0.4 is 5.32 Å². The zero-order chi connectivity index (χ0) is 24.9. The van der Waals surface area contributed by atoms with E-state index in [1.54, 1.807) is 19.0 Å². The first-order chi connectivity index (χ1) is 15.4. The van der Waals surface area contributed by atoms with Crippen molar-refractivity contribution in [2.45, 2.75) is 76.7 Å². The number of esters is 1. The molecule has 0 aliphatic carbocycles. The van der Waals surface area contributed by atoms with Gasteiger partial charge in [-0.1, -0.05) is 26.7 Å². The van der Waals surface area contributed by atoms with E-state index in [9.17, 15) is 19.5 Å². The molecule has 33 heavy (non-hydrogen) atoms. The highest BCUT2D eigenvalue weighted by Crippen LogP contribution is 2.41. The topological polar surface area (TPSA) is 149 Å². The van der Waals surface area contributed by atoms with Crippen molar-refractivity contribution < 1.29 is 39.0 Å². The maximum Gasteiger partial charge on any atom is 0.451 e. The molecule has 2 heterocycles. The summed E-state index contributed by atoms with van der Waals surface area (Å²) in [5.74, 6) is -1.72. The summed E-state index contributed by atoms with van der Waals surface area (Å²) in [5, 5.41) is 31.1. The van der Waals surface area contributed by atoms with E-state index in [1.165, 1.54) is 11.8 Å². The van der Waals surface area contributed by atoms with Gasteiger partial charge in [0.15, 0.2) is 0 Å². The van der Waals surface area contributed by atoms with Gasteiger partial charge in [0, 0.05) is 25.9 Å². The van der Waals surface area contributed by atoms with Crippen LogP contribution in [-0.4, -0.2) is 101 Å². The van der Waals surface area contributed by atoms with E-state index in [1.807, 2.05) is 13.8 Å². The Bertz CT molecular complexity index is 699. The van der Waals surface area contributed by atoms with Crippen LogP contribution in [0.3, 0.4) is 0 Å². The van der Waals surface area contributed by atoms with Gasteiger partial charge in [0.25, 0.3) is 0 Å². The molecule has 2 fully saturated rings. The number of carboxylic acids is 1.